The molecule has 0 unspecified atom stereocenters. The summed E-state index contributed by atoms with van der Waals surface area (Å²) < 4.78 is 39.3. The molecule has 2 aliphatic rings. The fraction of sp³-hybridized carbons (Fsp3) is 0.486. The number of ether oxygens (including phenoxy) is 6. The van der Waals surface area contributed by atoms with Gasteiger partial charge < -0.3 is 74.5 Å². The maximum absolute atomic E-state index is 13.5. The molecule has 1 aromatic heterocycles. The summed E-state index contributed by atoms with van der Waals surface area (Å²) in [5.74, 6) is -1.17. The zero-order chi connectivity index (χ0) is 40.5. The number of allylic oxidation sites excluding steroid dienone is 2. The SMILES string of the molecule is CO[C@H]1[C@@H](OC(N)=O)[C@@H](O)[C@@H](Oc2ccc3c(O)c(NC(=O)c4ccc(O[C@@H]5O[C@H](CO)[C@@H](O)[C@H](O)[C@H]5O)c(CC=C(C)C)c4)c(=O)oc3c2C)OC1(C)C. The van der Waals surface area contributed by atoms with Gasteiger partial charge in [0.25, 0.3) is 5.91 Å². The molecule has 18 nitrogen and oxygen atoms in total. The number of hydrogen-bond donors (Lipinski definition) is 8. The van der Waals surface area contributed by atoms with Gasteiger partial charge in [-0.2, -0.15) is 0 Å². The van der Waals surface area contributed by atoms with E-state index in [9.17, 15) is 45.0 Å². The van der Waals surface area contributed by atoms with Crippen molar-refractivity contribution < 1.29 is 73.1 Å². The van der Waals surface area contributed by atoms with E-state index >= 15 is 0 Å². The average Bonchev–Trinajstić information content (AvgIpc) is 3.12. The Balaban J connectivity index is 1.40. The first-order chi connectivity index (χ1) is 25.9. The second-order valence-electron chi connectivity index (χ2n) is 14.0. The van der Waals surface area contributed by atoms with E-state index in [2.05, 4.69) is 5.32 Å². The molecule has 9 atom stereocenters. The van der Waals surface area contributed by atoms with E-state index in [4.69, 9.17) is 38.6 Å². The molecule has 2 amide bonds. The van der Waals surface area contributed by atoms with Gasteiger partial charge in [-0.15, -0.1) is 0 Å². The number of aromatic hydroxyl groups is 1. The minimum atomic E-state index is -1.67. The number of amides is 2. The molecule has 0 aliphatic carbocycles. The van der Waals surface area contributed by atoms with Crippen molar-refractivity contribution in [3.63, 3.8) is 0 Å². The highest BCUT2D eigenvalue weighted by Crippen LogP contribution is 2.39. The predicted molar refractivity (Wildman–Crippen MR) is 192 cm³/mol. The van der Waals surface area contributed by atoms with Crippen molar-refractivity contribution in [2.75, 3.05) is 19.0 Å². The number of methoxy groups -OCH3 is 1. The summed E-state index contributed by atoms with van der Waals surface area (Å²) in [5.41, 5.74) is 3.97. The van der Waals surface area contributed by atoms with E-state index in [0.717, 1.165) is 5.57 Å². The monoisotopic (exact) mass is 774 g/mol. The molecule has 55 heavy (non-hydrogen) atoms. The molecule has 2 saturated heterocycles. The molecule has 5 rings (SSSR count). The van der Waals surface area contributed by atoms with Crippen LogP contribution in [0.15, 0.2) is 51.2 Å². The van der Waals surface area contributed by atoms with Crippen molar-refractivity contribution >= 4 is 28.7 Å². The third-order valence-corrected chi connectivity index (χ3v) is 9.40. The van der Waals surface area contributed by atoms with Crippen molar-refractivity contribution in [2.24, 2.45) is 5.73 Å². The van der Waals surface area contributed by atoms with Crippen LogP contribution in [0.1, 0.15) is 49.2 Å². The molecule has 0 spiro atoms. The van der Waals surface area contributed by atoms with Gasteiger partial charge in [0.1, 0.15) is 47.6 Å². The fourth-order valence-corrected chi connectivity index (χ4v) is 6.46. The van der Waals surface area contributed by atoms with Gasteiger partial charge in [-0.25, -0.2) is 9.59 Å². The van der Waals surface area contributed by atoms with E-state index in [-0.39, 0.29) is 40.0 Å². The number of nitrogens with one attached hydrogen (secondary N) is 1. The minimum absolute atomic E-state index is 0.0344. The highest BCUT2D eigenvalue weighted by Gasteiger charge is 2.53. The van der Waals surface area contributed by atoms with Gasteiger partial charge in [0.15, 0.2) is 23.6 Å². The number of aryl methyl sites for hydroxylation is 1. The Kier molecular flexibility index (Phi) is 12.4. The molecule has 2 aliphatic heterocycles. The van der Waals surface area contributed by atoms with Crippen LogP contribution in [0, 0.1) is 6.92 Å². The van der Waals surface area contributed by atoms with Crippen LogP contribution in [0.5, 0.6) is 17.2 Å². The molecule has 2 aromatic carbocycles. The number of anilines is 1. The Morgan fingerprint density at radius 1 is 0.982 bits per heavy atom. The normalized spacial score (nSPS) is 27.6. The molecule has 18 heteroatoms. The zero-order valence-electron chi connectivity index (χ0n) is 30.9. The number of rotatable bonds is 11. The van der Waals surface area contributed by atoms with Crippen LogP contribution >= 0.6 is 0 Å². The lowest BCUT2D eigenvalue weighted by Gasteiger charge is -2.47. The number of carbonyl (C=O) groups excluding carboxylic acids is 2. The average molecular weight is 775 g/mol. The topological polar surface area (TPSA) is 279 Å². The first kappa shape index (κ1) is 41.4. The third kappa shape index (κ3) is 8.56. The van der Waals surface area contributed by atoms with Gasteiger partial charge in [-0.05, 0) is 76.9 Å². The Morgan fingerprint density at radius 3 is 2.29 bits per heavy atom. The number of hydrogen-bond acceptors (Lipinski definition) is 16. The molecule has 0 radical (unpaired) electrons. The lowest BCUT2D eigenvalue weighted by Crippen LogP contribution is -2.65. The number of fused-ring (bicyclic) bond motifs is 1. The molecule has 300 valence electrons. The zero-order valence-corrected chi connectivity index (χ0v) is 30.9. The fourth-order valence-electron chi connectivity index (χ4n) is 6.46. The number of nitrogens with two attached hydrogens (primary N) is 1. The van der Waals surface area contributed by atoms with Gasteiger partial charge in [0.2, 0.25) is 12.6 Å². The largest absolute Gasteiger partial charge is 0.505 e. The van der Waals surface area contributed by atoms with E-state index in [1.54, 1.807) is 13.8 Å². The third-order valence-electron chi connectivity index (χ3n) is 9.40. The first-order valence-electron chi connectivity index (χ1n) is 17.2. The van der Waals surface area contributed by atoms with Crippen LogP contribution < -0.4 is 26.1 Å². The van der Waals surface area contributed by atoms with Crippen LogP contribution in [-0.2, 0) is 25.4 Å². The van der Waals surface area contributed by atoms with Gasteiger partial charge in [-0.3, -0.25) is 4.79 Å². The summed E-state index contributed by atoms with van der Waals surface area (Å²) in [7, 11) is 1.35. The number of aliphatic hydroxyl groups excluding tert-OH is 5. The molecule has 3 aromatic rings. The van der Waals surface area contributed by atoms with E-state index in [1.165, 1.54) is 44.4 Å². The number of carbonyl (C=O) groups is 2. The van der Waals surface area contributed by atoms with E-state index < -0.39 is 96.6 Å². The molecule has 0 saturated carbocycles. The van der Waals surface area contributed by atoms with Crippen molar-refractivity contribution in [3.05, 3.63) is 69.1 Å². The second-order valence-corrected chi connectivity index (χ2v) is 14.0. The van der Waals surface area contributed by atoms with Crippen molar-refractivity contribution in [3.8, 4) is 17.2 Å². The summed E-state index contributed by atoms with van der Waals surface area (Å²) in [6.07, 6.45) is -11.8. The Morgan fingerprint density at radius 2 is 1.65 bits per heavy atom. The van der Waals surface area contributed by atoms with Crippen LogP contribution in [0.2, 0.25) is 0 Å². The smallest absolute Gasteiger partial charge is 0.404 e. The highest BCUT2D eigenvalue weighted by atomic mass is 16.7. The number of aliphatic hydroxyl groups is 5. The van der Waals surface area contributed by atoms with Crippen LogP contribution in [0.4, 0.5) is 10.5 Å². The lowest BCUT2D eigenvalue weighted by molar-refractivity contribution is -0.304. The van der Waals surface area contributed by atoms with E-state index in [0.29, 0.717) is 5.56 Å². The van der Waals surface area contributed by atoms with Crippen molar-refractivity contribution in [1.82, 2.24) is 0 Å². The Labute approximate surface area is 314 Å². The van der Waals surface area contributed by atoms with Gasteiger partial charge in [0.05, 0.1) is 17.6 Å². The van der Waals surface area contributed by atoms with Crippen molar-refractivity contribution in [2.45, 2.75) is 102 Å². The standard InChI is InChI=1S/C37H46N2O16/c1-15(2)7-8-17-13-18(9-11-21(17)51-34-27(44)26(43)25(42)22(14-40)52-34)32(46)39-23-24(41)19-10-12-20(16(3)29(19)53-33(23)47)50-35-28(45)30(54-36(38)48)31(49-6)37(4,5)55-35/h7,9-13,22,25-28,30-31,34-35,40-45H,8,14H2,1-6H3,(H2,38,48)(H,39,46)/t22-,25-,26+,27-,28-,30+,31+,34-,35+/m1/s1. The molecule has 2 fully saturated rings. The molecular weight excluding hydrogens is 728 g/mol. The molecule has 3 heterocycles. The van der Waals surface area contributed by atoms with Crippen LogP contribution in [-0.4, -0.2) is 117 Å². The highest BCUT2D eigenvalue weighted by molar-refractivity contribution is 6.06. The maximum atomic E-state index is 13.5. The lowest BCUT2D eigenvalue weighted by atomic mass is 9.89. The van der Waals surface area contributed by atoms with Crippen LogP contribution in [0.25, 0.3) is 11.0 Å². The van der Waals surface area contributed by atoms with Gasteiger partial charge >= 0.3 is 11.7 Å². The summed E-state index contributed by atoms with van der Waals surface area (Å²) in [6.45, 7) is 7.86. The predicted octanol–water partition coefficient (Wildman–Crippen LogP) is 1.10. The summed E-state index contributed by atoms with van der Waals surface area (Å²) >= 11 is 0. The second kappa shape index (κ2) is 16.5. The number of benzene rings is 2. The molecule has 9 N–H and O–H groups in total. The molecular formula is C37H46N2O16. The van der Waals surface area contributed by atoms with Crippen molar-refractivity contribution in [1.29, 1.82) is 0 Å². The first-order valence-corrected chi connectivity index (χ1v) is 17.2. The number of primary amides is 1. The summed E-state index contributed by atoms with van der Waals surface area (Å²) in [4.78, 5) is 38.3. The quantitative estimate of drug-likeness (QED) is 0.100. The summed E-state index contributed by atoms with van der Waals surface area (Å²) in [6, 6.07) is 7.00. The summed E-state index contributed by atoms with van der Waals surface area (Å²) in [5, 5.41) is 65.0. The van der Waals surface area contributed by atoms with Gasteiger partial charge in [0, 0.05) is 18.2 Å². The van der Waals surface area contributed by atoms with E-state index in [1.807, 2.05) is 19.9 Å². The Hall–Kier alpha value is -4.79. The minimum Gasteiger partial charge on any atom is -0.505 e. The Bertz CT molecular complexity index is 1990. The maximum Gasteiger partial charge on any atom is 0.404 e. The molecule has 0 bridgehead atoms. The van der Waals surface area contributed by atoms with Crippen LogP contribution in [0.3, 0.4) is 0 Å². The van der Waals surface area contributed by atoms with Gasteiger partial charge in [-0.1, -0.05) is 11.6 Å².